The van der Waals surface area contributed by atoms with E-state index in [1.54, 1.807) is 18.2 Å². The molecule has 6 heteroatoms. The summed E-state index contributed by atoms with van der Waals surface area (Å²) < 4.78 is 54.5. The minimum absolute atomic E-state index is 0.00690. The van der Waals surface area contributed by atoms with Gasteiger partial charge in [0, 0.05) is 11.1 Å². The van der Waals surface area contributed by atoms with E-state index in [0.717, 1.165) is 11.6 Å². The van der Waals surface area contributed by atoms with Crippen molar-refractivity contribution in [1.29, 1.82) is 0 Å². The molecule has 0 bridgehead atoms. The van der Waals surface area contributed by atoms with E-state index in [-0.39, 0.29) is 34.8 Å². The third-order valence-electron chi connectivity index (χ3n) is 5.57. The van der Waals surface area contributed by atoms with E-state index in [4.69, 9.17) is 9.47 Å². The maximum Gasteiger partial charge on any atom is 0.343 e. The Morgan fingerprint density at radius 3 is 1.97 bits per heavy atom. The van der Waals surface area contributed by atoms with Gasteiger partial charge >= 0.3 is 5.97 Å². The van der Waals surface area contributed by atoms with Crippen LogP contribution in [0.1, 0.15) is 22.3 Å². The highest BCUT2D eigenvalue weighted by Gasteiger charge is 2.17. The molecule has 0 aromatic heterocycles. The number of rotatable bonds is 8. The standard InChI is InChI=1S/C30H23F3O3/c1-3-4-17-35-27-16-11-22(18-26(27)31)30(34)36-23-12-9-21(10-13-23)25-15-14-24(28(32)29(25)33)20-7-5-19(2)6-8-20/h3,5-16,18H,1,4,17H2,2H3. The SMILES string of the molecule is C=CCCOc1ccc(C(=O)Oc2ccc(-c3ccc(-c4ccc(C)cc4)c(F)c3F)cc2)cc1F. The smallest absolute Gasteiger partial charge is 0.343 e. The van der Waals surface area contributed by atoms with Crippen LogP contribution in [0.3, 0.4) is 0 Å². The van der Waals surface area contributed by atoms with Gasteiger partial charge < -0.3 is 9.47 Å². The van der Waals surface area contributed by atoms with Crippen LogP contribution in [0.4, 0.5) is 13.2 Å². The van der Waals surface area contributed by atoms with Crippen LogP contribution in [0.15, 0.2) is 91.5 Å². The Hall–Kier alpha value is -4.32. The van der Waals surface area contributed by atoms with Crippen molar-refractivity contribution in [3.63, 3.8) is 0 Å². The molecule has 0 radical (unpaired) electrons. The van der Waals surface area contributed by atoms with E-state index in [0.29, 0.717) is 17.5 Å². The predicted octanol–water partition coefficient (Wildman–Crippen LogP) is 7.92. The molecule has 4 aromatic carbocycles. The molecule has 4 rings (SSSR count). The highest BCUT2D eigenvalue weighted by molar-refractivity contribution is 5.91. The van der Waals surface area contributed by atoms with Gasteiger partial charge in [-0.25, -0.2) is 18.0 Å². The van der Waals surface area contributed by atoms with Gasteiger partial charge in [-0.3, -0.25) is 0 Å². The van der Waals surface area contributed by atoms with Gasteiger partial charge in [0.25, 0.3) is 0 Å². The Balaban J connectivity index is 1.48. The quantitative estimate of drug-likeness (QED) is 0.109. The van der Waals surface area contributed by atoms with Gasteiger partial charge in [-0.1, -0.05) is 60.2 Å². The van der Waals surface area contributed by atoms with Gasteiger partial charge in [0.15, 0.2) is 23.2 Å². The number of halogens is 3. The maximum atomic E-state index is 14.9. The first kappa shape index (κ1) is 24.8. The summed E-state index contributed by atoms with van der Waals surface area (Å²) in [5.41, 5.74) is 2.27. The molecule has 0 fully saturated rings. The lowest BCUT2D eigenvalue weighted by Crippen LogP contribution is -2.09. The molecule has 0 spiro atoms. The zero-order chi connectivity index (χ0) is 25.7. The fraction of sp³-hybridized carbons (Fsp3) is 0.100. The summed E-state index contributed by atoms with van der Waals surface area (Å²) in [6.45, 7) is 5.76. The first-order valence-corrected chi connectivity index (χ1v) is 11.3. The van der Waals surface area contributed by atoms with Crippen LogP contribution in [0.25, 0.3) is 22.3 Å². The number of ether oxygens (including phenoxy) is 2. The lowest BCUT2D eigenvalue weighted by molar-refractivity contribution is 0.0734. The first-order valence-electron chi connectivity index (χ1n) is 11.3. The second-order valence-electron chi connectivity index (χ2n) is 8.14. The van der Waals surface area contributed by atoms with E-state index in [1.165, 1.54) is 48.5 Å². The highest BCUT2D eigenvalue weighted by atomic mass is 19.2. The van der Waals surface area contributed by atoms with Crippen LogP contribution in [0.5, 0.6) is 11.5 Å². The van der Waals surface area contributed by atoms with Crippen molar-refractivity contribution in [2.45, 2.75) is 13.3 Å². The molecule has 0 unspecified atom stereocenters. The summed E-state index contributed by atoms with van der Waals surface area (Å²) in [4.78, 5) is 12.4. The predicted molar refractivity (Wildman–Crippen MR) is 134 cm³/mol. The van der Waals surface area contributed by atoms with Crippen LogP contribution in [0.2, 0.25) is 0 Å². The van der Waals surface area contributed by atoms with Crippen LogP contribution in [-0.2, 0) is 0 Å². The largest absolute Gasteiger partial charge is 0.490 e. The molecule has 0 amide bonds. The Bertz CT molecular complexity index is 1390. The number of hydrogen-bond donors (Lipinski definition) is 0. The second kappa shape index (κ2) is 11.0. The van der Waals surface area contributed by atoms with Gasteiger partial charge in [0.2, 0.25) is 0 Å². The fourth-order valence-corrected chi connectivity index (χ4v) is 3.59. The average Bonchev–Trinajstić information content (AvgIpc) is 2.88. The Morgan fingerprint density at radius 1 is 0.833 bits per heavy atom. The average molecular weight is 489 g/mol. The molecule has 0 aliphatic rings. The van der Waals surface area contributed by atoms with E-state index in [9.17, 15) is 18.0 Å². The minimum Gasteiger partial charge on any atom is -0.490 e. The molecule has 36 heavy (non-hydrogen) atoms. The topological polar surface area (TPSA) is 35.5 Å². The van der Waals surface area contributed by atoms with Crippen molar-refractivity contribution >= 4 is 5.97 Å². The summed E-state index contributed by atoms with van der Waals surface area (Å²) in [5, 5.41) is 0. The lowest BCUT2D eigenvalue weighted by Gasteiger charge is -2.11. The van der Waals surface area contributed by atoms with Crippen molar-refractivity contribution in [2.24, 2.45) is 0 Å². The molecule has 0 N–H and O–H groups in total. The zero-order valence-electron chi connectivity index (χ0n) is 19.6. The Kier molecular flexibility index (Phi) is 7.54. The van der Waals surface area contributed by atoms with Gasteiger partial charge in [0.05, 0.1) is 12.2 Å². The first-order chi connectivity index (χ1) is 17.4. The molecular formula is C30H23F3O3. The third-order valence-corrected chi connectivity index (χ3v) is 5.57. The monoisotopic (exact) mass is 488 g/mol. The van der Waals surface area contributed by atoms with E-state index in [2.05, 4.69) is 6.58 Å². The van der Waals surface area contributed by atoms with Crippen LogP contribution in [-0.4, -0.2) is 12.6 Å². The second-order valence-corrected chi connectivity index (χ2v) is 8.14. The van der Waals surface area contributed by atoms with Crippen molar-refractivity contribution in [3.8, 4) is 33.8 Å². The highest BCUT2D eigenvalue weighted by Crippen LogP contribution is 2.32. The van der Waals surface area contributed by atoms with Gasteiger partial charge in [-0.2, -0.15) is 0 Å². The van der Waals surface area contributed by atoms with Gasteiger partial charge in [0.1, 0.15) is 5.75 Å². The molecule has 0 saturated heterocycles. The van der Waals surface area contributed by atoms with E-state index < -0.39 is 23.4 Å². The van der Waals surface area contributed by atoms with Crippen LogP contribution in [0, 0.1) is 24.4 Å². The molecule has 3 nitrogen and oxygen atoms in total. The van der Waals surface area contributed by atoms with E-state index in [1.807, 2.05) is 19.1 Å². The van der Waals surface area contributed by atoms with Crippen LogP contribution < -0.4 is 9.47 Å². The van der Waals surface area contributed by atoms with Crippen molar-refractivity contribution in [3.05, 3.63) is 120 Å². The molecule has 182 valence electrons. The molecule has 0 atom stereocenters. The van der Waals surface area contributed by atoms with E-state index >= 15 is 0 Å². The van der Waals surface area contributed by atoms with Gasteiger partial charge in [-0.05, 0) is 54.8 Å². The zero-order valence-corrected chi connectivity index (χ0v) is 19.6. The molecular weight excluding hydrogens is 465 g/mol. The third kappa shape index (κ3) is 5.49. The number of esters is 1. The molecule has 0 aliphatic heterocycles. The number of carbonyl (C=O) groups excluding carboxylic acids is 1. The maximum absolute atomic E-state index is 14.9. The van der Waals surface area contributed by atoms with Crippen molar-refractivity contribution < 1.29 is 27.4 Å². The summed E-state index contributed by atoms with van der Waals surface area (Å²) in [5.74, 6) is -3.16. The summed E-state index contributed by atoms with van der Waals surface area (Å²) in [6.07, 6.45) is 2.22. The summed E-state index contributed by atoms with van der Waals surface area (Å²) >= 11 is 0. The minimum atomic E-state index is -0.969. The number of carbonyl (C=O) groups is 1. The molecule has 0 aliphatic carbocycles. The molecule has 0 heterocycles. The molecule has 0 saturated carbocycles. The summed E-state index contributed by atoms with van der Waals surface area (Å²) in [7, 11) is 0. The Morgan fingerprint density at radius 2 is 1.42 bits per heavy atom. The van der Waals surface area contributed by atoms with Crippen molar-refractivity contribution in [2.75, 3.05) is 6.61 Å². The summed E-state index contributed by atoms with van der Waals surface area (Å²) in [6, 6.07) is 19.9. The molecule has 4 aromatic rings. The fourth-order valence-electron chi connectivity index (χ4n) is 3.59. The normalized spacial score (nSPS) is 10.7. The van der Waals surface area contributed by atoms with Gasteiger partial charge in [-0.15, -0.1) is 6.58 Å². The number of aryl methyl sites for hydroxylation is 1. The van der Waals surface area contributed by atoms with Crippen LogP contribution >= 0.6 is 0 Å². The lowest BCUT2D eigenvalue weighted by atomic mass is 9.98. The number of benzene rings is 4. The number of hydrogen-bond acceptors (Lipinski definition) is 3. The van der Waals surface area contributed by atoms with Crippen molar-refractivity contribution in [1.82, 2.24) is 0 Å². The Labute approximate surface area is 207 Å².